The average molecular weight is 297 g/mol. The van der Waals surface area contributed by atoms with E-state index < -0.39 is 0 Å². The van der Waals surface area contributed by atoms with Crippen LogP contribution in [-0.4, -0.2) is 24.2 Å². The predicted octanol–water partition coefficient (Wildman–Crippen LogP) is 3.00. The highest BCUT2D eigenvalue weighted by atomic mass is 16.5. The summed E-state index contributed by atoms with van der Waals surface area (Å²) in [7, 11) is 0. The monoisotopic (exact) mass is 297 g/mol. The van der Waals surface area contributed by atoms with Crippen molar-refractivity contribution in [2.45, 2.75) is 32.4 Å². The molecule has 0 bridgehead atoms. The molecule has 0 fully saturated rings. The summed E-state index contributed by atoms with van der Waals surface area (Å²) in [6.45, 7) is 4.79. The van der Waals surface area contributed by atoms with E-state index in [4.69, 9.17) is 4.74 Å². The zero-order valence-corrected chi connectivity index (χ0v) is 13.0. The van der Waals surface area contributed by atoms with Crippen LogP contribution in [0.1, 0.15) is 24.6 Å². The smallest absolute Gasteiger partial charge is 0.142 e. The molecule has 116 valence electrons. The maximum atomic E-state index is 5.93. The Hall–Kier alpha value is -2.07. The number of ether oxygens (including phenoxy) is 1. The Morgan fingerprint density at radius 3 is 3.09 bits per heavy atom. The summed E-state index contributed by atoms with van der Waals surface area (Å²) < 4.78 is 5.93. The summed E-state index contributed by atoms with van der Waals surface area (Å²) in [6.07, 6.45) is 4.15. The Balaban J connectivity index is 1.49. The zero-order chi connectivity index (χ0) is 15.2. The zero-order valence-electron chi connectivity index (χ0n) is 13.0. The molecule has 4 nitrogen and oxygen atoms in total. The lowest BCUT2D eigenvalue weighted by atomic mass is 10.1. The van der Waals surface area contributed by atoms with Gasteiger partial charge in [-0.25, -0.2) is 0 Å². The first-order chi connectivity index (χ1) is 10.8. The van der Waals surface area contributed by atoms with Gasteiger partial charge in [0.05, 0.1) is 17.9 Å². The molecule has 2 heterocycles. The molecule has 1 aromatic heterocycles. The van der Waals surface area contributed by atoms with Gasteiger partial charge in [-0.05, 0) is 49.2 Å². The van der Waals surface area contributed by atoms with Gasteiger partial charge in [0.25, 0.3) is 0 Å². The predicted molar refractivity (Wildman–Crippen MR) is 89.3 cm³/mol. The third kappa shape index (κ3) is 3.77. The van der Waals surface area contributed by atoms with Crippen molar-refractivity contribution in [1.29, 1.82) is 0 Å². The Bertz CT molecular complexity index is 601. The van der Waals surface area contributed by atoms with Gasteiger partial charge in [0.2, 0.25) is 0 Å². The quantitative estimate of drug-likeness (QED) is 0.805. The van der Waals surface area contributed by atoms with Crippen molar-refractivity contribution in [2.75, 3.05) is 18.4 Å². The minimum atomic E-state index is 0.290. The van der Waals surface area contributed by atoms with Gasteiger partial charge in [-0.15, -0.1) is 0 Å². The van der Waals surface area contributed by atoms with Gasteiger partial charge in [-0.3, -0.25) is 4.98 Å². The minimum Gasteiger partial charge on any atom is -0.486 e. The average Bonchev–Trinajstić information content (AvgIpc) is 2.59. The van der Waals surface area contributed by atoms with Crippen molar-refractivity contribution in [3.05, 3.63) is 53.9 Å². The molecule has 2 N–H and O–H groups in total. The second kappa shape index (κ2) is 7.27. The Morgan fingerprint density at radius 1 is 1.32 bits per heavy atom. The number of nitrogens with zero attached hydrogens (tertiary/aromatic N) is 1. The Labute approximate surface area is 131 Å². The van der Waals surface area contributed by atoms with E-state index >= 15 is 0 Å². The van der Waals surface area contributed by atoms with E-state index in [1.807, 2.05) is 24.4 Å². The summed E-state index contributed by atoms with van der Waals surface area (Å²) in [5.41, 5.74) is 3.51. The first kappa shape index (κ1) is 14.9. The van der Waals surface area contributed by atoms with E-state index in [0.29, 0.717) is 6.10 Å². The molecular formula is C18H23N3O. The first-order valence-electron chi connectivity index (χ1n) is 7.99. The molecule has 0 aliphatic carbocycles. The number of pyridine rings is 1. The van der Waals surface area contributed by atoms with Gasteiger partial charge in [0.15, 0.2) is 0 Å². The summed E-state index contributed by atoms with van der Waals surface area (Å²) in [5, 5.41) is 6.90. The number of hydrogen-bond donors (Lipinski definition) is 2. The van der Waals surface area contributed by atoms with Gasteiger partial charge in [0, 0.05) is 12.7 Å². The molecule has 1 aliphatic rings. The lowest BCUT2D eigenvalue weighted by molar-refractivity contribution is 0.202. The van der Waals surface area contributed by atoms with Crippen molar-refractivity contribution in [1.82, 2.24) is 10.3 Å². The van der Waals surface area contributed by atoms with Gasteiger partial charge in [0.1, 0.15) is 11.9 Å². The fourth-order valence-electron chi connectivity index (χ4n) is 2.60. The highest BCUT2D eigenvalue weighted by Crippen LogP contribution is 2.30. The second-order valence-corrected chi connectivity index (χ2v) is 5.61. The summed E-state index contributed by atoms with van der Waals surface area (Å²) >= 11 is 0. The van der Waals surface area contributed by atoms with Crippen molar-refractivity contribution in [2.24, 2.45) is 0 Å². The normalized spacial score (nSPS) is 16.5. The number of hydrogen-bond acceptors (Lipinski definition) is 4. The van der Waals surface area contributed by atoms with Crippen molar-refractivity contribution < 1.29 is 4.74 Å². The molecule has 22 heavy (non-hydrogen) atoms. The molecule has 0 amide bonds. The Morgan fingerprint density at radius 2 is 2.27 bits per heavy atom. The molecule has 1 unspecified atom stereocenters. The summed E-state index contributed by atoms with van der Waals surface area (Å²) in [5.74, 6) is 0.975. The molecule has 1 aromatic carbocycles. The van der Waals surface area contributed by atoms with Crippen LogP contribution in [0.2, 0.25) is 0 Å². The standard InChI is InChI=1S/C18H23N3O/c1-2-16-13-21-17-11-14(6-7-18(17)22-16)8-10-19-12-15-5-3-4-9-20-15/h3-7,9,11,16,19,21H,2,8,10,12-13H2,1H3. The number of benzene rings is 1. The van der Waals surface area contributed by atoms with Crippen LogP contribution in [-0.2, 0) is 13.0 Å². The lowest BCUT2D eigenvalue weighted by Gasteiger charge is -2.27. The molecule has 4 heteroatoms. The molecular weight excluding hydrogens is 274 g/mol. The van der Waals surface area contributed by atoms with Crippen LogP contribution < -0.4 is 15.4 Å². The maximum Gasteiger partial charge on any atom is 0.142 e. The number of anilines is 1. The van der Waals surface area contributed by atoms with Crippen molar-refractivity contribution in [3.63, 3.8) is 0 Å². The summed E-state index contributed by atoms with van der Waals surface area (Å²) in [6, 6.07) is 12.4. The molecule has 3 rings (SSSR count). The van der Waals surface area contributed by atoms with Gasteiger partial charge in [-0.1, -0.05) is 19.1 Å². The van der Waals surface area contributed by atoms with Gasteiger partial charge in [-0.2, -0.15) is 0 Å². The highest BCUT2D eigenvalue weighted by Gasteiger charge is 2.17. The van der Waals surface area contributed by atoms with Crippen LogP contribution >= 0.6 is 0 Å². The molecule has 0 spiro atoms. The van der Waals surface area contributed by atoms with Crippen LogP contribution in [0, 0.1) is 0 Å². The molecule has 2 aromatic rings. The third-order valence-corrected chi connectivity index (χ3v) is 3.94. The maximum absolute atomic E-state index is 5.93. The van der Waals surface area contributed by atoms with Crippen molar-refractivity contribution >= 4 is 5.69 Å². The highest BCUT2D eigenvalue weighted by molar-refractivity contribution is 5.59. The third-order valence-electron chi connectivity index (χ3n) is 3.94. The van der Waals surface area contributed by atoms with E-state index in [9.17, 15) is 0 Å². The van der Waals surface area contributed by atoms with Crippen LogP contribution in [0.3, 0.4) is 0 Å². The number of fused-ring (bicyclic) bond motifs is 1. The fraction of sp³-hybridized carbons (Fsp3) is 0.389. The molecule has 0 radical (unpaired) electrons. The topological polar surface area (TPSA) is 46.2 Å². The summed E-state index contributed by atoms with van der Waals surface area (Å²) in [4.78, 5) is 4.31. The Kier molecular flexibility index (Phi) is 4.91. The van der Waals surface area contributed by atoms with Gasteiger partial charge >= 0.3 is 0 Å². The van der Waals surface area contributed by atoms with E-state index in [2.05, 4.69) is 40.7 Å². The van der Waals surface area contributed by atoms with Gasteiger partial charge < -0.3 is 15.4 Å². The second-order valence-electron chi connectivity index (χ2n) is 5.61. The number of nitrogens with one attached hydrogen (secondary N) is 2. The number of rotatable bonds is 6. The SMILES string of the molecule is CCC1CNc2cc(CCNCc3ccccn3)ccc2O1. The van der Waals surface area contributed by atoms with Crippen LogP contribution in [0.4, 0.5) is 5.69 Å². The van der Waals surface area contributed by atoms with Crippen molar-refractivity contribution in [3.8, 4) is 5.75 Å². The lowest BCUT2D eigenvalue weighted by Crippen LogP contribution is -2.30. The van der Waals surface area contributed by atoms with E-state index in [-0.39, 0.29) is 0 Å². The van der Waals surface area contributed by atoms with E-state index in [1.165, 1.54) is 5.56 Å². The van der Waals surface area contributed by atoms with E-state index in [1.54, 1.807) is 0 Å². The number of aromatic nitrogens is 1. The molecule has 0 saturated carbocycles. The minimum absolute atomic E-state index is 0.290. The molecule has 1 atom stereocenters. The van der Waals surface area contributed by atoms with Crippen LogP contribution in [0.5, 0.6) is 5.75 Å². The molecule has 1 aliphatic heterocycles. The molecule has 0 saturated heterocycles. The van der Waals surface area contributed by atoms with E-state index in [0.717, 1.165) is 49.6 Å². The first-order valence-corrected chi connectivity index (χ1v) is 7.99. The fourth-order valence-corrected chi connectivity index (χ4v) is 2.60. The largest absolute Gasteiger partial charge is 0.486 e. The van der Waals surface area contributed by atoms with Crippen LogP contribution in [0.15, 0.2) is 42.6 Å². The van der Waals surface area contributed by atoms with Crippen LogP contribution in [0.25, 0.3) is 0 Å².